The molecule has 2 N–H and O–H groups in total. The van der Waals surface area contributed by atoms with E-state index in [-0.39, 0.29) is 11.8 Å². The van der Waals surface area contributed by atoms with Crippen molar-refractivity contribution in [3.8, 4) is 0 Å². The van der Waals surface area contributed by atoms with Crippen LogP contribution in [0.4, 0.5) is 0 Å². The summed E-state index contributed by atoms with van der Waals surface area (Å²) in [7, 11) is 0. The predicted octanol–water partition coefficient (Wildman–Crippen LogP) is 1.94. The molecule has 3 nitrogen and oxygen atoms in total. The fraction of sp³-hybridized carbons (Fsp3) is 0.500. The molecule has 98 valence electrons. The summed E-state index contributed by atoms with van der Waals surface area (Å²) in [6, 6.07) is 6.37. The largest absolute Gasteiger partial charge is 0.352 e. The van der Waals surface area contributed by atoms with Crippen molar-refractivity contribution in [1.82, 2.24) is 10.6 Å². The standard InChI is InChI=1S/C14H20N2OS/c1-10-3-4-11(13(7-10)18-2)9-16-14(17)12-5-6-15-8-12/h3-4,7,12,15H,5-6,8-9H2,1-2H3,(H,16,17). The highest BCUT2D eigenvalue weighted by atomic mass is 32.2. The monoisotopic (exact) mass is 264 g/mol. The Hall–Kier alpha value is -1.00. The molecule has 1 aliphatic rings. The molecular formula is C14H20N2OS. The molecule has 0 bridgehead atoms. The van der Waals surface area contributed by atoms with E-state index in [0.29, 0.717) is 6.54 Å². The van der Waals surface area contributed by atoms with Gasteiger partial charge in [-0.25, -0.2) is 0 Å². The number of carbonyl (C=O) groups is 1. The lowest BCUT2D eigenvalue weighted by atomic mass is 10.1. The fourth-order valence-corrected chi connectivity index (χ4v) is 2.91. The van der Waals surface area contributed by atoms with Crippen molar-refractivity contribution >= 4 is 17.7 Å². The highest BCUT2D eigenvalue weighted by Crippen LogP contribution is 2.21. The van der Waals surface area contributed by atoms with E-state index in [0.717, 1.165) is 19.5 Å². The average Bonchev–Trinajstić information content (AvgIpc) is 2.90. The second kappa shape index (κ2) is 6.25. The quantitative estimate of drug-likeness (QED) is 0.817. The van der Waals surface area contributed by atoms with Gasteiger partial charge in [0, 0.05) is 18.0 Å². The SMILES string of the molecule is CSc1cc(C)ccc1CNC(=O)C1CCNC1. The number of carbonyl (C=O) groups excluding carboxylic acids is 1. The smallest absolute Gasteiger partial charge is 0.224 e. The van der Waals surface area contributed by atoms with Gasteiger partial charge in [-0.05, 0) is 43.3 Å². The Morgan fingerprint density at radius 2 is 2.39 bits per heavy atom. The van der Waals surface area contributed by atoms with Crippen molar-refractivity contribution in [2.75, 3.05) is 19.3 Å². The van der Waals surface area contributed by atoms with E-state index < -0.39 is 0 Å². The van der Waals surface area contributed by atoms with E-state index in [9.17, 15) is 4.79 Å². The number of rotatable bonds is 4. The van der Waals surface area contributed by atoms with Crippen molar-refractivity contribution in [3.63, 3.8) is 0 Å². The van der Waals surface area contributed by atoms with Gasteiger partial charge in [0.1, 0.15) is 0 Å². The number of amides is 1. The Morgan fingerprint density at radius 1 is 1.56 bits per heavy atom. The molecule has 1 heterocycles. The van der Waals surface area contributed by atoms with Gasteiger partial charge in [-0.15, -0.1) is 11.8 Å². The molecule has 1 saturated heterocycles. The lowest BCUT2D eigenvalue weighted by molar-refractivity contribution is -0.124. The zero-order valence-electron chi connectivity index (χ0n) is 11.0. The van der Waals surface area contributed by atoms with Gasteiger partial charge in [-0.1, -0.05) is 12.1 Å². The van der Waals surface area contributed by atoms with Gasteiger partial charge in [0.25, 0.3) is 0 Å². The number of benzene rings is 1. The summed E-state index contributed by atoms with van der Waals surface area (Å²) in [5.41, 5.74) is 2.46. The molecule has 0 spiro atoms. The van der Waals surface area contributed by atoms with Crippen LogP contribution in [0.2, 0.25) is 0 Å². The van der Waals surface area contributed by atoms with Crippen LogP contribution >= 0.6 is 11.8 Å². The molecule has 1 unspecified atom stereocenters. The molecule has 0 radical (unpaired) electrons. The third kappa shape index (κ3) is 3.27. The molecule has 1 aliphatic heterocycles. The minimum absolute atomic E-state index is 0.146. The van der Waals surface area contributed by atoms with Crippen LogP contribution in [0.1, 0.15) is 17.5 Å². The maximum Gasteiger partial charge on any atom is 0.224 e. The summed E-state index contributed by atoms with van der Waals surface area (Å²) in [6.45, 7) is 4.49. The topological polar surface area (TPSA) is 41.1 Å². The minimum Gasteiger partial charge on any atom is -0.352 e. The summed E-state index contributed by atoms with van der Waals surface area (Å²) in [4.78, 5) is 13.2. The number of hydrogen-bond donors (Lipinski definition) is 2. The summed E-state index contributed by atoms with van der Waals surface area (Å²) in [6.07, 6.45) is 3.02. The summed E-state index contributed by atoms with van der Waals surface area (Å²) in [5, 5.41) is 6.26. The van der Waals surface area contributed by atoms with E-state index in [2.05, 4.69) is 42.0 Å². The molecule has 1 aromatic rings. The van der Waals surface area contributed by atoms with E-state index in [1.165, 1.54) is 16.0 Å². The minimum atomic E-state index is 0.146. The Bertz CT molecular complexity index is 428. The molecule has 0 aliphatic carbocycles. The normalized spacial score (nSPS) is 18.9. The first-order valence-electron chi connectivity index (χ1n) is 6.32. The van der Waals surface area contributed by atoms with Crippen molar-refractivity contribution < 1.29 is 4.79 Å². The van der Waals surface area contributed by atoms with Crippen LogP contribution in [0.5, 0.6) is 0 Å². The van der Waals surface area contributed by atoms with E-state index >= 15 is 0 Å². The molecule has 1 fully saturated rings. The van der Waals surface area contributed by atoms with Gasteiger partial charge >= 0.3 is 0 Å². The van der Waals surface area contributed by atoms with E-state index in [1.807, 2.05) is 0 Å². The van der Waals surface area contributed by atoms with Gasteiger partial charge in [0.2, 0.25) is 5.91 Å². The summed E-state index contributed by atoms with van der Waals surface area (Å²) in [5.74, 6) is 0.320. The van der Waals surface area contributed by atoms with Gasteiger partial charge in [-0.2, -0.15) is 0 Å². The molecule has 2 rings (SSSR count). The summed E-state index contributed by atoms with van der Waals surface area (Å²) >= 11 is 1.73. The average molecular weight is 264 g/mol. The Labute approximate surface area is 113 Å². The van der Waals surface area contributed by atoms with Crippen LogP contribution in [0, 0.1) is 12.8 Å². The number of hydrogen-bond acceptors (Lipinski definition) is 3. The molecule has 1 amide bonds. The Balaban J connectivity index is 1.95. The van der Waals surface area contributed by atoms with Crippen LogP contribution < -0.4 is 10.6 Å². The molecule has 18 heavy (non-hydrogen) atoms. The van der Waals surface area contributed by atoms with Gasteiger partial charge in [0.15, 0.2) is 0 Å². The van der Waals surface area contributed by atoms with Crippen molar-refractivity contribution in [2.24, 2.45) is 5.92 Å². The second-order valence-corrected chi connectivity index (χ2v) is 5.57. The molecule has 0 aromatic heterocycles. The second-order valence-electron chi connectivity index (χ2n) is 4.72. The predicted molar refractivity (Wildman–Crippen MR) is 75.8 cm³/mol. The maximum absolute atomic E-state index is 11.9. The number of nitrogens with one attached hydrogen (secondary N) is 2. The lowest BCUT2D eigenvalue weighted by Gasteiger charge is -2.12. The van der Waals surface area contributed by atoms with Gasteiger partial charge in [-0.3, -0.25) is 4.79 Å². The van der Waals surface area contributed by atoms with Crippen molar-refractivity contribution in [1.29, 1.82) is 0 Å². The lowest BCUT2D eigenvalue weighted by Crippen LogP contribution is -2.31. The van der Waals surface area contributed by atoms with Crippen LogP contribution in [-0.4, -0.2) is 25.3 Å². The molecule has 4 heteroatoms. The summed E-state index contributed by atoms with van der Waals surface area (Å²) < 4.78 is 0. The number of aryl methyl sites for hydroxylation is 1. The van der Waals surface area contributed by atoms with Gasteiger partial charge < -0.3 is 10.6 Å². The third-order valence-electron chi connectivity index (χ3n) is 3.33. The molecule has 0 saturated carbocycles. The highest BCUT2D eigenvalue weighted by molar-refractivity contribution is 7.98. The first-order valence-corrected chi connectivity index (χ1v) is 7.55. The highest BCUT2D eigenvalue weighted by Gasteiger charge is 2.21. The van der Waals surface area contributed by atoms with Crippen molar-refractivity contribution in [3.05, 3.63) is 29.3 Å². The Kier molecular flexibility index (Phi) is 4.66. The fourth-order valence-electron chi connectivity index (χ4n) is 2.20. The molecule has 1 aromatic carbocycles. The zero-order valence-corrected chi connectivity index (χ0v) is 11.8. The van der Waals surface area contributed by atoms with Gasteiger partial charge in [0.05, 0.1) is 5.92 Å². The molecular weight excluding hydrogens is 244 g/mol. The van der Waals surface area contributed by atoms with Crippen molar-refractivity contribution in [2.45, 2.75) is 24.8 Å². The van der Waals surface area contributed by atoms with E-state index in [1.54, 1.807) is 11.8 Å². The maximum atomic E-state index is 11.9. The zero-order chi connectivity index (χ0) is 13.0. The van der Waals surface area contributed by atoms with E-state index in [4.69, 9.17) is 0 Å². The van der Waals surface area contributed by atoms with Crippen LogP contribution in [0.3, 0.4) is 0 Å². The van der Waals surface area contributed by atoms with Crippen LogP contribution in [0.15, 0.2) is 23.1 Å². The first-order chi connectivity index (χ1) is 8.70. The molecule has 1 atom stereocenters. The first kappa shape index (κ1) is 13.4. The third-order valence-corrected chi connectivity index (χ3v) is 4.15. The van der Waals surface area contributed by atoms with Crippen LogP contribution in [0.25, 0.3) is 0 Å². The number of thioether (sulfide) groups is 1. The Morgan fingerprint density at radius 3 is 3.06 bits per heavy atom. The van der Waals surface area contributed by atoms with Crippen LogP contribution in [-0.2, 0) is 11.3 Å².